The van der Waals surface area contributed by atoms with Gasteiger partial charge >= 0.3 is 0 Å². The summed E-state index contributed by atoms with van der Waals surface area (Å²) in [4.78, 5) is 22.9. The van der Waals surface area contributed by atoms with Gasteiger partial charge in [0.2, 0.25) is 0 Å². The van der Waals surface area contributed by atoms with Crippen LogP contribution in [-0.4, -0.2) is 41.7 Å². The van der Waals surface area contributed by atoms with Crippen LogP contribution in [0.3, 0.4) is 0 Å². The molecule has 0 aliphatic carbocycles. The van der Waals surface area contributed by atoms with Crippen molar-refractivity contribution < 1.29 is 4.79 Å². The highest BCUT2D eigenvalue weighted by Gasteiger charge is 2.24. The molecule has 22 heavy (non-hydrogen) atoms. The molecule has 7 nitrogen and oxygen atoms in total. The zero-order valence-corrected chi connectivity index (χ0v) is 12.6. The van der Waals surface area contributed by atoms with Crippen molar-refractivity contribution in [3.8, 4) is 0 Å². The van der Waals surface area contributed by atoms with Crippen LogP contribution in [0.5, 0.6) is 0 Å². The molecule has 1 amide bonds. The number of aromatic nitrogens is 5. The summed E-state index contributed by atoms with van der Waals surface area (Å²) in [6.45, 7) is 2.61. The van der Waals surface area contributed by atoms with Gasteiger partial charge in [0.05, 0.1) is 24.3 Å². The number of hydrogen-bond donors (Lipinski definition) is 0. The maximum atomic E-state index is 12.4. The van der Waals surface area contributed by atoms with E-state index < -0.39 is 0 Å². The molecular weight excluding hydrogens is 300 g/mol. The lowest BCUT2D eigenvalue weighted by Gasteiger charge is -2.26. The minimum Gasteiger partial charge on any atom is -0.331 e. The number of hydrogen-bond acceptors (Lipinski definition) is 5. The molecule has 4 rings (SSSR count). The Labute approximate surface area is 130 Å². The lowest BCUT2D eigenvalue weighted by atomic mass is 10.3. The summed E-state index contributed by atoms with van der Waals surface area (Å²) in [7, 11) is 0. The van der Waals surface area contributed by atoms with Crippen molar-refractivity contribution in [1.82, 2.24) is 29.2 Å². The lowest BCUT2D eigenvalue weighted by Crippen LogP contribution is -2.38. The van der Waals surface area contributed by atoms with E-state index in [1.54, 1.807) is 22.0 Å². The summed E-state index contributed by atoms with van der Waals surface area (Å²) in [6, 6.07) is 1.89. The van der Waals surface area contributed by atoms with E-state index in [1.165, 1.54) is 11.3 Å². The molecule has 0 aromatic carbocycles. The van der Waals surface area contributed by atoms with Crippen LogP contribution in [0.1, 0.15) is 22.0 Å². The molecule has 0 fully saturated rings. The highest BCUT2D eigenvalue weighted by molar-refractivity contribution is 7.07. The molecule has 0 atom stereocenters. The first-order valence-corrected chi connectivity index (χ1v) is 7.94. The van der Waals surface area contributed by atoms with E-state index in [0.717, 1.165) is 18.1 Å². The molecule has 3 aromatic heterocycles. The molecule has 0 radical (unpaired) electrons. The number of amides is 1. The van der Waals surface area contributed by atoms with E-state index in [0.29, 0.717) is 25.3 Å². The number of imidazole rings is 1. The van der Waals surface area contributed by atoms with Gasteiger partial charge < -0.3 is 9.47 Å². The highest BCUT2D eigenvalue weighted by Crippen LogP contribution is 2.16. The first-order chi connectivity index (χ1) is 10.8. The van der Waals surface area contributed by atoms with Crippen LogP contribution in [0.4, 0.5) is 0 Å². The molecule has 1 aliphatic rings. The van der Waals surface area contributed by atoms with E-state index in [2.05, 4.69) is 19.6 Å². The minimum absolute atomic E-state index is 0.0240. The van der Waals surface area contributed by atoms with Gasteiger partial charge in [0.1, 0.15) is 11.5 Å². The number of thiazole rings is 1. The zero-order valence-electron chi connectivity index (χ0n) is 11.8. The highest BCUT2D eigenvalue weighted by atomic mass is 32.1. The Balaban J connectivity index is 1.51. The smallest absolute Gasteiger partial charge is 0.273 e. The number of carbonyl (C=O) groups is 1. The van der Waals surface area contributed by atoms with Gasteiger partial charge in [0.25, 0.3) is 5.91 Å². The second-order valence-corrected chi connectivity index (χ2v) is 5.86. The molecule has 3 aromatic rings. The van der Waals surface area contributed by atoms with Crippen molar-refractivity contribution in [2.24, 2.45) is 0 Å². The van der Waals surface area contributed by atoms with Gasteiger partial charge in [-0.25, -0.2) is 9.97 Å². The van der Waals surface area contributed by atoms with Crippen molar-refractivity contribution in [1.29, 1.82) is 0 Å². The second-order valence-electron chi connectivity index (χ2n) is 5.15. The van der Waals surface area contributed by atoms with Crippen molar-refractivity contribution >= 4 is 17.2 Å². The molecule has 1 aliphatic heterocycles. The van der Waals surface area contributed by atoms with Gasteiger partial charge in [-0.05, 0) is 6.07 Å². The third kappa shape index (κ3) is 2.41. The van der Waals surface area contributed by atoms with Crippen molar-refractivity contribution in [3.05, 3.63) is 52.8 Å². The van der Waals surface area contributed by atoms with Gasteiger partial charge in [-0.3, -0.25) is 9.48 Å². The summed E-state index contributed by atoms with van der Waals surface area (Å²) in [6.07, 6.45) is 5.71. The molecule has 112 valence electrons. The van der Waals surface area contributed by atoms with E-state index in [9.17, 15) is 4.79 Å². The van der Waals surface area contributed by atoms with Gasteiger partial charge in [-0.2, -0.15) is 5.10 Å². The molecule has 4 heterocycles. The lowest BCUT2D eigenvalue weighted by molar-refractivity contribution is 0.0702. The van der Waals surface area contributed by atoms with Gasteiger partial charge in [0.15, 0.2) is 0 Å². The summed E-state index contributed by atoms with van der Waals surface area (Å²) in [5.41, 5.74) is 3.16. The van der Waals surface area contributed by atoms with Crippen LogP contribution < -0.4 is 0 Å². The number of carbonyl (C=O) groups excluding carboxylic acids is 1. The van der Waals surface area contributed by atoms with E-state index in [4.69, 9.17) is 0 Å². The maximum Gasteiger partial charge on any atom is 0.273 e. The molecule has 0 spiro atoms. The largest absolute Gasteiger partial charge is 0.331 e. The Hall–Kier alpha value is -2.48. The predicted molar refractivity (Wildman–Crippen MR) is 80.4 cm³/mol. The molecule has 0 bridgehead atoms. The van der Waals surface area contributed by atoms with Crippen LogP contribution in [0.2, 0.25) is 0 Å². The van der Waals surface area contributed by atoms with E-state index >= 15 is 0 Å². The predicted octanol–water partition coefficient (Wildman–Crippen LogP) is 1.24. The average Bonchev–Trinajstić information content (AvgIpc) is 3.27. The fraction of sp³-hybridized carbons (Fsp3) is 0.286. The summed E-state index contributed by atoms with van der Waals surface area (Å²) in [5.74, 6) is 0.890. The fourth-order valence-corrected chi connectivity index (χ4v) is 3.13. The van der Waals surface area contributed by atoms with Crippen LogP contribution in [0, 0.1) is 0 Å². The molecule has 0 saturated carbocycles. The normalized spacial score (nSPS) is 14.1. The first-order valence-electron chi connectivity index (χ1n) is 6.99. The van der Waals surface area contributed by atoms with Crippen molar-refractivity contribution in [2.45, 2.75) is 19.6 Å². The molecule has 0 N–H and O–H groups in total. The van der Waals surface area contributed by atoms with E-state index in [-0.39, 0.29) is 5.91 Å². The number of nitrogens with zero attached hydrogens (tertiary/aromatic N) is 6. The quantitative estimate of drug-likeness (QED) is 0.729. The second kappa shape index (κ2) is 5.38. The maximum absolute atomic E-state index is 12.4. The molecule has 0 unspecified atom stereocenters. The molecule has 0 saturated heterocycles. The minimum atomic E-state index is -0.0240. The van der Waals surface area contributed by atoms with Crippen molar-refractivity contribution in [3.63, 3.8) is 0 Å². The number of fused-ring (bicyclic) bond motifs is 1. The van der Waals surface area contributed by atoms with Gasteiger partial charge in [0, 0.05) is 37.1 Å². The Morgan fingerprint density at radius 3 is 3.09 bits per heavy atom. The van der Waals surface area contributed by atoms with Gasteiger partial charge in [-0.15, -0.1) is 11.3 Å². The fourth-order valence-electron chi connectivity index (χ4n) is 2.60. The first kappa shape index (κ1) is 13.2. The standard InChI is InChI=1S/C14H14N6OS/c21-14(12-9-22-10-15-12)19-5-4-18-6-11(17-13(18)8-19)7-20-3-1-2-16-20/h1-3,6,9-10H,4-5,7-8H2. The molecule has 8 heteroatoms. The van der Waals surface area contributed by atoms with Crippen LogP contribution in [0.15, 0.2) is 35.5 Å². The summed E-state index contributed by atoms with van der Waals surface area (Å²) >= 11 is 1.43. The monoisotopic (exact) mass is 314 g/mol. The zero-order chi connectivity index (χ0) is 14.9. The third-order valence-corrected chi connectivity index (χ3v) is 4.26. The van der Waals surface area contributed by atoms with Crippen LogP contribution in [-0.2, 0) is 19.6 Å². The summed E-state index contributed by atoms with van der Waals surface area (Å²) in [5, 5.41) is 5.97. The SMILES string of the molecule is O=C(c1cscn1)N1CCn2cc(Cn3cccn3)nc2C1. The number of rotatable bonds is 3. The van der Waals surface area contributed by atoms with E-state index in [1.807, 2.05) is 23.1 Å². The Morgan fingerprint density at radius 2 is 2.32 bits per heavy atom. The average molecular weight is 314 g/mol. The Morgan fingerprint density at radius 1 is 1.36 bits per heavy atom. The van der Waals surface area contributed by atoms with Gasteiger partial charge in [-0.1, -0.05) is 0 Å². The van der Waals surface area contributed by atoms with Crippen LogP contribution in [0.25, 0.3) is 0 Å². The Bertz CT molecular complexity index is 776. The molecular formula is C14H14N6OS. The van der Waals surface area contributed by atoms with Crippen molar-refractivity contribution in [2.75, 3.05) is 6.54 Å². The Kier molecular flexibility index (Phi) is 3.23. The topological polar surface area (TPSA) is 68.8 Å². The summed E-state index contributed by atoms with van der Waals surface area (Å²) < 4.78 is 3.95. The third-order valence-electron chi connectivity index (χ3n) is 3.67. The van der Waals surface area contributed by atoms with Crippen LogP contribution >= 0.6 is 11.3 Å².